The van der Waals surface area contributed by atoms with Crippen molar-refractivity contribution in [3.8, 4) is 16.3 Å². The predicted octanol–water partition coefficient (Wildman–Crippen LogP) is 4.72. The fourth-order valence-electron chi connectivity index (χ4n) is 2.40. The van der Waals surface area contributed by atoms with Gasteiger partial charge in [-0.05, 0) is 23.6 Å². The van der Waals surface area contributed by atoms with Crippen LogP contribution in [0.5, 0.6) is 0 Å². The van der Waals surface area contributed by atoms with E-state index in [0.717, 1.165) is 10.6 Å². The van der Waals surface area contributed by atoms with Gasteiger partial charge in [-0.25, -0.2) is 4.68 Å². The number of hydrogen-bond acceptors (Lipinski definition) is 6. The van der Waals surface area contributed by atoms with Gasteiger partial charge < -0.3 is 0 Å². The number of halogens is 3. The number of anilines is 1. The number of benzene rings is 1. The molecule has 0 bridgehead atoms. The van der Waals surface area contributed by atoms with Crippen LogP contribution in [0.4, 0.5) is 18.3 Å². The number of carbonyl (C=O) groups excluding carboxylic acids is 1. The first-order valence-corrected chi connectivity index (χ1v) is 9.52. The Morgan fingerprint density at radius 3 is 2.50 bits per heavy atom. The van der Waals surface area contributed by atoms with Crippen molar-refractivity contribution in [1.82, 2.24) is 20.0 Å². The molecule has 0 aliphatic rings. The maximum atomic E-state index is 12.7. The molecule has 142 valence electrons. The number of hydrogen-bond donors (Lipinski definition) is 1. The van der Waals surface area contributed by atoms with E-state index in [4.69, 9.17) is 0 Å². The minimum absolute atomic E-state index is 0.218. The van der Waals surface area contributed by atoms with Crippen molar-refractivity contribution in [1.29, 1.82) is 0 Å². The summed E-state index contributed by atoms with van der Waals surface area (Å²) in [7, 11) is 0. The highest BCUT2D eigenvalue weighted by atomic mass is 32.1. The highest BCUT2D eigenvalue weighted by Crippen LogP contribution is 2.34. The largest absolute Gasteiger partial charge is 0.445 e. The van der Waals surface area contributed by atoms with E-state index in [1.807, 2.05) is 47.8 Å². The molecule has 0 radical (unpaired) electrons. The Labute approximate surface area is 164 Å². The third kappa shape index (κ3) is 3.66. The van der Waals surface area contributed by atoms with Crippen LogP contribution in [0.2, 0.25) is 0 Å². The molecule has 0 aliphatic heterocycles. The molecule has 0 spiro atoms. The van der Waals surface area contributed by atoms with Gasteiger partial charge in [0.2, 0.25) is 10.1 Å². The number of nitrogens with one attached hydrogen (secondary N) is 1. The Bertz CT molecular complexity index is 1100. The van der Waals surface area contributed by atoms with Gasteiger partial charge in [-0.3, -0.25) is 10.1 Å². The molecule has 28 heavy (non-hydrogen) atoms. The average Bonchev–Trinajstić information content (AvgIpc) is 3.41. The SMILES string of the molecule is O=C(Nc1nnc(C(F)(F)F)s1)c1cn(-c2ccccc2)nc1-c1cccs1. The molecule has 1 amide bonds. The molecule has 0 atom stereocenters. The van der Waals surface area contributed by atoms with Gasteiger partial charge in [-0.2, -0.15) is 18.3 Å². The monoisotopic (exact) mass is 421 g/mol. The van der Waals surface area contributed by atoms with Crippen LogP contribution >= 0.6 is 22.7 Å². The normalized spacial score (nSPS) is 11.5. The Morgan fingerprint density at radius 1 is 1.07 bits per heavy atom. The molecule has 0 saturated carbocycles. The molecule has 0 fully saturated rings. The summed E-state index contributed by atoms with van der Waals surface area (Å²) in [4.78, 5) is 13.5. The fraction of sp³-hybridized carbons (Fsp3) is 0.0588. The zero-order valence-electron chi connectivity index (χ0n) is 13.8. The third-order valence-electron chi connectivity index (χ3n) is 3.62. The van der Waals surface area contributed by atoms with Crippen molar-refractivity contribution in [3.05, 3.63) is 64.6 Å². The van der Waals surface area contributed by atoms with Crippen LogP contribution in [-0.2, 0) is 6.18 Å². The lowest BCUT2D eigenvalue weighted by atomic mass is 10.2. The zero-order chi connectivity index (χ0) is 19.7. The number of amides is 1. The average molecular weight is 421 g/mol. The highest BCUT2D eigenvalue weighted by Gasteiger charge is 2.36. The van der Waals surface area contributed by atoms with Gasteiger partial charge in [0, 0.05) is 6.20 Å². The van der Waals surface area contributed by atoms with E-state index in [2.05, 4.69) is 20.6 Å². The van der Waals surface area contributed by atoms with Crippen molar-refractivity contribution >= 4 is 33.7 Å². The third-order valence-corrected chi connectivity index (χ3v) is 5.38. The van der Waals surface area contributed by atoms with Gasteiger partial charge in [0.25, 0.3) is 5.91 Å². The van der Waals surface area contributed by atoms with Crippen molar-refractivity contribution < 1.29 is 18.0 Å². The topological polar surface area (TPSA) is 72.7 Å². The second-order valence-electron chi connectivity index (χ2n) is 5.51. The molecule has 11 heteroatoms. The molecule has 0 aliphatic carbocycles. The fourth-order valence-corrected chi connectivity index (χ4v) is 3.73. The van der Waals surface area contributed by atoms with E-state index in [1.165, 1.54) is 17.5 Å². The minimum Gasteiger partial charge on any atom is -0.296 e. The molecule has 6 nitrogen and oxygen atoms in total. The number of nitrogens with zero attached hydrogens (tertiary/aromatic N) is 4. The standard InChI is InChI=1S/C17H10F3N5OS2/c18-17(19,20)15-22-23-16(28-15)21-14(26)11-9-25(10-5-2-1-3-6-10)24-13(11)12-7-4-8-27-12/h1-9H,(H,21,23,26). The van der Waals surface area contributed by atoms with Gasteiger partial charge in [-0.1, -0.05) is 35.6 Å². The van der Waals surface area contributed by atoms with E-state index >= 15 is 0 Å². The van der Waals surface area contributed by atoms with Crippen molar-refractivity contribution in [2.75, 3.05) is 5.32 Å². The van der Waals surface area contributed by atoms with Crippen LogP contribution in [0.1, 0.15) is 15.4 Å². The lowest BCUT2D eigenvalue weighted by molar-refractivity contribution is -0.138. The van der Waals surface area contributed by atoms with Crippen molar-refractivity contribution in [3.63, 3.8) is 0 Å². The summed E-state index contributed by atoms with van der Waals surface area (Å²) in [5, 5.41) is 13.8. The summed E-state index contributed by atoms with van der Waals surface area (Å²) in [5.74, 6) is -0.615. The van der Waals surface area contributed by atoms with Crippen molar-refractivity contribution in [2.45, 2.75) is 6.18 Å². The highest BCUT2D eigenvalue weighted by molar-refractivity contribution is 7.15. The van der Waals surface area contributed by atoms with Gasteiger partial charge >= 0.3 is 6.18 Å². The van der Waals surface area contributed by atoms with Crippen LogP contribution in [0.3, 0.4) is 0 Å². The van der Waals surface area contributed by atoms with E-state index in [-0.39, 0.29) is 22.0 Å². The van der Waals surface area contributed by atoms with Gasteiger partial charge in [-0.15, -0.1) is 21.5 Å². The molecule has 0 unspecified atom stereocenters. The van der Waals surface area contributed by atoms with Gasteiger partial charge in [0.05, 0.1) is 16.1 Å². The van der Waals surface area contributed by atoms with Crippen LogP contribution in [0.15, 0.2) is 54.0 Å². The van der Waals surface area contributed by atoms with E-state index in [1.54, 1.807) is 4.68 Å². The van der Waals surface area contributed by atoms with Crippen LogP contribution in [0.25, 0.3) is 16.3 Å². The number of carbonyl (C=O) groups is 1. The zero-order valence-corrected chi connectivity index (χ0v) is 15.5. The second kappa shape index (κ2) is 7.17. The summed E-state index contributed by atoms with van der Waals surface area (Å²) in [6.07, 6.45) is -3.08. The summed E-state index contributed by atoms with van der Waals surface area (Å²) in [6.45, 7) is 0. The quantitative estimate of drug-likeness (QED) is 0.517. The molecule has 1 N–H and O–H groups in total. The predicted molar refractivity (Wildman–Crippen MR) is 99.7 cm³/mol. The number of rotatable bonds is 4. The molecule has 3 heterocycles. The summed E-state index contributed by atoms with van der Waals surface area (Å²) >= 11 is 1.67. The maximum absolute atomic E-state index is 12.7. The first kappa shape index (κ1) is 18.3. The van der Waals surface area contributed by atoms with Crippen LogP contribution in [-0.4, -0.2) is 25.9 Å². The number of alkyl halides is 3. The van der Waals surface area contributed by atoms with Gasteiger partial charge in [0.1, 0.15) is 5.69 Å². The molecule has 4 rings (SSSR count). The Hall–Kier alpha value is -3.05. The molecule has 4 aromatic rings. The maximum Gasteiger partial charge on any atom is 0.445 e. The smallest absolute Gasteiger partial charge is 0.296 e. The van der Waals surface area contributed by atoms with E-state index in [9.17, 15) is 18.0 Å². The van der Waals surface area contributed by atoms with E-state index in [0.29, 0.717) is 5.69 Å². The summed E-state index contributed by atoms with van der Waals surface area (Å²) in [6, 6.07) is 12.8. The van der Waals surface area contributed by atoms with Gasteiger partial charge in [0.15, 0.2) is 0 Å². The number of thiophene rings is 1. The van der Waals surface area contributed by atoms with Crippen molar-refractivity contribution in [2.24, 2.45) is 0 Å². The molecule has 3 aromatic heterocycles. The number of aromatic nitrogens is 4. The molecule has 0 saturated heterocycles. The lowest BCUT2D eigenvalue weighted by Crippen LogP contribution is -2.12. The Balaban J connectivity index is 1.69. The lowest BCUT2D eigenvalue weighted by Gasteiger charge is -2.00. The van der Waals surface area contributed by atoms with Crippen LogP contribution in [0, 0.1) is 0 Å². The molecular weight excluding hydrogens is 411 g/mol. The Morgan fingerprint density at radius 2 is 1.86 bits per heavy atom. The summed E-state index contributed by atoms with van der Waals surface area (Å²) in [5.41, 5.74) is 1.39. The second-order valence-corrected chi connectivity index (χ2v) is 7.44. The summed E-state index contributed by atoms with van der Waals surface area (Å²) < 4.78 is 39.6. The first-order valence-electron chi connectivity index (χ1n) is 7.83. The van der Waals surface area contributed by atoms with E-state index < -0.39 is 17.1 Å². The Kier molecular flexibility index (Phi) is 4.69. The molecular formula is C17H10F3N5OS2. The minimum atomic E-state index is -4.61. The number of para-hydroxylation sites is 1. The first-order chi connectivity index (χ1) is 13.4. The van der Waals surface area contributed by atoms with Crippen LogP contribution < -0.4 is 5.32 Å². The molecule has 1 aromatic carbocycles.